The van der Waals surface area contributed by atoms with Crippen LogP contribution in [0.3, 0.4) is 0 Å². The molecule has 0 fully saturated rings. The van der Waals surface area contributed by atoms with Gasteiger partial charge in [0, 0.05) is 12.2 Å². The van der Waals surface area contributed by atoms with Crippen molar-refractivity contribution in [3.8, 4) is 5.75 Å². The summed E-state index contributed by atoms with van der Waals surface area (Å²) in [6, 6.07) is 15.4. The van der Waals surface area contributed by atoms with Crippen LogP contribution in [0.1, 0.15) is 17.3 Å². The third-order valence-corrected chi connectivity index (χ3v) is 7.69. The number of rotatable bonds is 9. The topological polar surface area (TPSA) is 131 Å². The summed E-state index contributed by atoms with van der Waals surface area (Å²) < 4.78 is 60.9. The monoisotopic (exact) mass is 523 g/mol. The molecule has 0 atom stereocenters. The molecule has 34 heavy (non-hydrogen) atoms. The number of amides is 1. The highest BCUT2D eigenvalue weighted by molar-refractivity contribution is 7.93. The van der Waals surface area contributed by atoms with E-state index in [1.54, 1.807) is 25.1 Å². The van der Waals surface area contributed by atoms with E-state index in [9.17, 15) is 21.6 Å². The van der Waals surface area contributed by atoms with Gasteiger partial charge in [-0.25, -0.2) is 16.8 Å². The minimum absolute atomic E-state index is 0.0688. The van der Waals surface area contributed by atoms with Crippen molar-refractivity contribution >= 4 is 48.9 Å². The van der Waals surface area contributed by atoms with E-state index in [0.717, 1.165) is 0 Å². The van der Waals surface area contributed by atoms with E-state index in [1.807, 2.05) is 0 Å². The van der Waals surface area contributed by atoms with Crippen molar-refractivity contribution < 1.29 is 26.4 Å². The third kappa shape index (κ3) is 5.79. The van der Waals surface area contributed by atoms with Gasteiger partial charge >= 0.3 is 0 Å². The van der Waals surface area contributed by atoms with Crippen LogP contribution in [0.15, 0.2) is 76.5 Å². The molecule has 0 saturated heterocycles. The highest BCUT2D eigenvalue weighted by Crippen LogP contribution is 2.26. The van der Waals surface area contributed by atoms with Crippen LogP contribution in [0.25, 0.3) is 0 Å². The lowest BCUT2D eigenvalue weighted by atomic mass is 10.2. The second kappa shape index (κ2) is 10.3. The number of carbonyl (C=O) groups excluding carboxylic acids is 1. The van der Waals surface area contributed by atoms with E-state index in [2.05, 4.69) is 14.8 Å². The Morgan fingerprint density at radius 1 is 0.882 bits per heavy atom. The summed E-state index contributed by atoms with van der Waals surface area (Å²) in [6.07, 6.45) is 0. The molecule has 0 aliphatic rings. The lowest BCUT2D eigenvalue weighted by molar-refractivity contribution is 0.0952. The molecule has 0 aromatic heterocycles. The van der Waals surface area contributed by atoms with Gasteiger partial charge in [0.05, 0.1) is 33.2 Å². The highest BCUT2D eigenvalue weighted by atomic mass is 35.5. The van der Waals surface area contributed by atoms with Gasteiger partial charge in [-0.15, -0.1) is 0 Å². The molecule has 3 aromatic carbocycles. The number of halogens is 1. The Kier molecular flexibility index (Phi) is 7.70. The lowest BCUT2D eigenvalue weighted by Gasteiger charge is -2.13. The molecule has 0 radical (unpaired) electrons. The van der Waals surface area contributed by atoms with Gasteiger partial charge < -0.3 is 10.1 Å². The fourth-order valence-corrected chi connectivity index (χ4v) is 5.35. The zero-order valence-electron chi connectivity index (χ0n) is 18.2. The molecule has 1 amide bonds. The summed E-state index contributed by atoms with van der Waals surface area (Å²) in [5.74, 6) is -0.248. The molecule has 3 N–H and O–H groups in total. The van der Waals surface area contributed by atoms with Gasteiger partial charge in [-0.05, 0) is 61.5 Å². The number of methoxy groups -OCH3 is 1. The highest BCUT2D eigenvalue weighted by Gasteiger charge is 2.21. The number of hydrogen-bond donors (Lipinski definition) is 3. The fourth-order valence-electron chi connectivity index (χ4n) is 2.95. The summed E-state index contributed by atoms with van der Waals surface area (Å²) in [4.78, 5) is 12.0. The number of benzene rings is 3. The Morgan fingerprint density at radius 2 is 1.50 bits per heavy atom. The molecule has 0 unspecified atom stereocenters. The standard InChI is InChI=1S/C22H22ClN3O6S2/c1-3-24-22(27)18-14-17(12-13-21(18)32-2)34(30,31)25-15-8-10-16(11-9-15)33(28,29)26-20-7-5-4-6-19(20)23/h4-14,25-26H,3H2,1-2H3,(H,24,27). The number of sulfonamides is 2. The number of hydrogen-bond acceptors (Lipinski definition) is 6. The summed E-state index contributed by atoms with van der Waals surface area (Å²) in [6.45, 7) is 2.10. The lowest BCUT2D eigenvalue weighted by Crippen LogP contribution is -2.24. The normalized spacial score (nSPS) is 11.5. The van der Waals surface area contributed by atoms with Gasteiger partial charge in [0.25, 0.3) is 26.0 Å². The van der Waals surface area contributed by atoms with Crippen LogP contribution < -0.4 is 19.5 Å². The SMILES string of the molecule is CCNC(=O)c1cc(S(=O)(=O)Nc2ccc(S(=O)(=O)Nc3ccccc3Cl)cc2)ccc1OC. The van der Waals surface area contributed by atoms with Gasteiger partial charge in [-0.1, -0.05) is 23.7 Å². The van der Waals surface area contributed by atoms with Gasteiger partial charge in [0.2, 0.25) is 0 Å². The molecule has 3 rings (SSSR count). The number of para-hydroxylation sites is 1. The number of anilines is 2. The number of nitrogens with one attached hydrogen (secondary N) is 3. The van der Waals surface area contributed by atoms with E-state index in [4.69, 9.17) is 16.3 Å². The molecule has 0 spiro atoms. The molecule has 180 valence electrons. The summed E-state index contributed by atoms with van der Waals surface area (Å²) in [5.41, 5.74) is 0.419. The Balaban J connectivity index is 1.83. The minimum Gasteiger partial charge on any atom is -0.496 e. The van der Waals surface area contributed by atoms with Crippen molar-refractivity contribution in [3.63, 3.8) is 0 Å². The number of carbonyl (C=O) groups is 1. The molecule has 0 heterocycles. The first kappa shape index (κ1) is 25.3. The summed E-state index contributed by atoms with van der Waals surface area (Å²) >= 11 is 6.00. The van der Waals surface area contributed by atoms with Crippen LogP contribution in [0.2, 0.25) is 5.02 Å². The molecular formula is C22H22ClN3O6S2. The molecule has 9 nitrogen and oxygen atoms in total. The maximum atomic E-state index is 12.9. The minimum atomic E-state index is -4.08. The van der Waals surface area contributed by atoms with Crippen molar-refractivity contribution in [2.75, 3.05) is 23.1 Å². The van der Waals surface area contributed by atoms with Crippen molar-refractivity contribution in [2.24, 2.45) is 0 Å². The van der Waals surface area contributed by atoms with Crippen LogP contribution in [0, 0.1) is 0 Å². The first-order valence-corrected chi connectivity index (χ1v) is 13.3. The molecule has 0 aliphatic heterocycles. The van der Waals surface area contributed by atoms with E-state index in [-0.39, 0.29) is 37.5 Å². The van der Waals surface area contributed by atoms with Crippen LogP contribution >= 0.6 is 11.6 Å². The predicted molar refractivity (Wildman–Crippen MR) is 131 cm³/mol. The van der Waals surface area contributed by atoms with Crippen molar-refractivity contribution in [1.29, 1.82) is 0 Å². The van der Waals surface area contributed by atoms with Gasteiger partial charge in [-0.3, -0.25) is 14.2 Å². The maximum absolute atomic E-state index is 12.9. The van der Waals surface area contributed by atoms with E-state index in [0.29, 0.717) is 6.54 Å². The van der Waals surface area contributed by atoms with Crippen LogP contribution in [-0.2, 0) is 20.0 Å². The van der Waals surface area contributed by atoms with E-state index < -0.39 is 26.0 Å². The Hall–Kier alpha value is -3.28. The summed E-state index contributed by atoms with van der Waals surface area (Å²) in [5, 5.41) is 2.84. The fraction of sp³-hybridized carbons (Fsp3) is 0.136. The van der Waals surface area contributed by atoms with Gasteiger partial charge in [0.15, 0.2) is 0 Å². The second-order valence-electron chi connectivity index (χ2n) is 6.94. The Labute approximate surface area is 203 Å². The van der Waals surface area contributed by atoms with Crippen LogP contribution in [-0.4, -0.2) is 36.4 Å². The third-order valence-electron chi connectivity index (χ3n) is 4.60. The molecule has 3 aromatic rings. The van der Waals surface area contributed by atoms with Crippen molar-refractivity contribution in [1.82, 2.24) is 5.32 Å². The summed E-state index contributed by atoms with van der Waals surface area (Å²) in [7, 11) is -6.65. The molecular weight excluding hydrogens is 502 g/mol. The molecule has 0 saturated carbocycles. The zero-order valence-corrected chi connectivity index (χ0v) is 20.6. The Bertz CT molecular complexity index is 1410. The zero-order chi connectivity index (χ0) is 24.9. The average molecular weight is 524 g/mol. The smallest absolute Gasteiger partial charge is 0.261 e. The van der Waals surface area contributed by atoms with E-state index >= 15 is 0 Å². The number of ether oxygens (including phenoxy) is 1. The molecule has 12 heteroatoms. The average Bonchev–Trinajstić information content (AvgIpc) is 2.80. The first-order valence-electron chi connectivity index (χ1n) is 9.94. The molecule has 0 bridgehead atoms. The van der Waals surface area contributed by atoms with Gasteiger partial charge in [-0.2, -0.15) is 0 Å². The quantitative estimate of drug-likeness (QED) is 0.392. The second-order valence-corrected chi connectivity index (χ2v) is 10.7. The maximum Gasteiger partial charge on any atom is 0.261 e. The van der Waals surface area contributed by atoms with Crippen molar-refractivity contribution in [2.45, 2.75) is 16.7 Å². The van der Waals surface area contributed by atoms with Crippen molar-refractivity contribution in [3.05, 3.63) is 77.3 Å². The van der Waals surface area contributed by atoms with Gasteiger partial charge in [0.1, 0.15) is 5.75 Å². The van der Waals surface area contributed by atoms with Crippen LogP contribution in [0.5, 0.6) is 5.75 Å². The predicted octanol–water partition coefficient (Wildman–Crippen LogP) is 3.70. The first-order chi connectivity index (χ1) is 16.1. The van der Waals surface area contributed by atoms with Crippen LogP contribution in [0.4, 0.5) is 11.4 Å². The largest absolute Gasteiger partial charge is 0.496 e. The molecule has 0 aliphatic carbocycles. The Morgan fingerprint density at radius 3 is 2.12 bits per heavy atom. The van der Waals surface area contributed by atoms with E-state index in [1.165, 1.54) is 55.6 Å².